The molecule has 0 aliphatic rings. The molecule has 0 bridgehead atoms. The summed E-state index contributed by atoms with van der Waals surface area (Å²) in [6.45, 7) is 9.42. The molecule has 0 aromatic carbocycles. The highest BCUT2D eigenvalue weighted by Crippen LogP contribution is 2.20. The number of nitrogens with one attached hydrogen (secondary N) is 2. The summed E-state index contributed by atoms with van der Waals surface area (Å²) in [6, 6.07) is -0.952. The summed E-state index contributed by atoms with van der Waals surface area (Å²) in [4.78, 5) is 40.3. The van der Waals surface area contributed by atoms with Crippen molar-refractivity contribution in [3.05, 3.63) is 15.6 Å². The van der Waals surface area contributed by atoms with E-state index in [1.54, 1.807) is 0 Å². The van der Waals surface area contributed by atoms with E-state index in [0.717, 1.165) is 10.7 Å². The molecular weight excluding hydrogens is 342 g/mol. The van der Waals surface area contributed by atoms with Gasteiger partial charge < -0.3 is 15.7 Å². The molecule has 0 aliphatic carbocycles. The second-order valence-corrected chi connectivity index (χ2v) is 8.08. The molecule has 2 amide bonds. The molecule has 1 aromatic heterocycles. The Bertz CT molecular complexity index is 625. The maximum atomic E-state index is 12.3. The number of amides is 2. The minimum absolute atomic E-state index is 0.134. The Labute approximate surface area is 152 Å². The number of carbonyl (C=O) groups is 3. The topological polar surface area (TPSA) is 108 Å². The number of aliphatic carboxylic acids is 1. The van der Waals surface area contributed by atoms with Gasteiger partial charge in [0.25, 0.3) is 5.91 Å². The van der Waals surface area contributed by atoms with Crippen LogP contribution >= 0.6 is 11.3 Å². The number of thiazole rings is 1. The van der Waals surface area contributed by atoms with E-state index < -0.39 is 17.9 Å². The average Bonchev–Trinajstić information content (AvgIpc) is 2.83. The van der Waals surface area contributed by atoms with Crippen molar-refractivity contribution in [2.24, 2.45) is 11.8 Å². The minimum atomic E-state index is -1.08. The van der Waals surface area contributed by atoms with E-state index in [-0.39, 0.29) is 18.4 Å². The Kier molecular flexibility index (Phi) is 8.02. The van der Waals surface area contributed by atoms with Crippen molar-refractivity contribution in [3.63, 3.8) is 0 Å². The smallest absolute Gasteiger partial charge is 0.326 e. The molecule has 1 atom stereocenters. The Morgan fingerprint density at radius 3 is 2.32 bits per heavy atom. The van der Waals surface area contributed by atoms with Crippen LogP contribution in [0.15, 0.2) is 0 Å². The maximum Gasteiger partial charge on any atom is 0.326 e. The van der Waals surface area contributed by atoms with E-state index in [2.05, 4.69) is 15.6 Å². The highest BCUT2D eigenvalue weighted by molar-refractivity contribution is 7.13. The first-order chi connectivity index (χ1) is 11.6. The minimum Gasteiger partial charge on any atom is -0.480 e. The van der Waals surface area contributed by atoms with Crippen LogP contribution in [0.3, 0.4) is 0 Å². The lowest BCUT2D eigenvalue weighted by molar-refractivity contribution is -0.142. The largest absolute Gasteiger partial charge is 0.480 e. The number of aryl methyl sites for hydroxylation is 1. The molecule has 0 saturated carbocycles. The molecule has 0 fully saturated rings. The number of carbonyl (C=O) groups excluding carboxylic acids is 2. The van der Waals surface area contributed by atoms with Crippen LogP contribution in [0.1, 0.15) is 54.5 Å². The van der Waals surface area contributed by atoms with Gasteiger partial charge in [0.05, 0.1) is 17.2 Å². The molecule has 0 aliphatic heterocycles. The highest BCUT2D eigenvalue weighted by Gasteiger charge is 2.22. The van der Waals surface area contributed by atoms with Gasteiger partial charge in [0.2, 0.25) is 5.91 Å². The number of hydrogen-bond donors (Lipinski definition) is 3. The molecule has 1 rings (SSSR count). The fraction of sp³-hybridized carbons (Fsp3) is 0.647. The van der Waals surface area contributed by atoms with Gasteiger partial charge in [0, 0.05) is 0 Å². The summed E-state index contributed by atoms with van der Waals surface area (Å²) in [5.41, 5.74) is 0.735. The van der Waals surface area contributed by atoms with Gasteiger partial charge in [-0.3, -0.25) is 9.59 Å². The van der Waals surface area contributed by atoms with E-state index >= 15 is 0 Å². The molecule has 140 valence electrons. The number of rotatable bonds is 9. The van der Waals surface area contributed by atoms with Crippen LogP contribution in [0, 0.1) is 18.8 Å². The SMILES string of the molecule is Cc1nc(CC(C)C)c(C(=O)NCC(=O)N[C@@H](CC(C)C)C(=O)O)s1. The number of carboxylic acid groups (broad SMARTS) is 1. The maximum absolute atomic E-state index is 12.3. The predicted octanol–water partition coefficient (Wildman–Crippen LogP) is 2.00. The molecule has 3 N–H and O–H groups in total. The van der Waals surface area contributed by atoms with Gasteiger partial charge in [-0.1, -0.05) is 27.7 Å². The number of carboxylic acids is 1. The molecule has 0 unspecified atom stereocenters. The zero-order valence-electron chi connectivity index (χ0n) is 15.4. The van der Waals surface area contributed by atoms with Gasteiger partial charge in [-0.2, -0.15) is 0 Å². The van der Waals surface area contributed by atoms with Crippen molar-refractivity contribution >= 4 is 29.1 Å². The average molecular weight is 369 g/mol. The van der Waals surface area contributed by atoms with Crippen LogP contribution in [-0.2, 0) is 16.0 Å². The third kappa shape index (κ3) is 7.21. The van der Waals surface area contributed by atoms with Gasteiger partial charge in [-0.05, 0) is 31.6 Å². The van der Waals surface area contributed by atoms with Crippen molar-refractivity contribution in [2.45, 2.75) is 53.5 Å². The first-order valence-corrected chi connectivity index (χ1v) is 9.18. The third-order valence-corrected chi connectivity index (χ3v) is 4.37. The molecule has 0 saturated heterocycles. The van der Waals surface area contributed by atoms with Gasteiger partial charge in [0.15, 0.2) is 0 Å². The van der Waals surface area contributed by atoms with Crippen LogP contribution in [0.25, 0.3) is 0 Å². The lowest BCUT2D eigenvalue weighted by Crippen LogP contribution is -2.46. The molecule has 1 heterocycles. The van der Waals surface area contributed by atoms with Gasteiger partial charge in [0.1, 0.15) is 10.9 Å². The van der Waals surface area contributed by atoms with Gasteiger partial charge >= 0.3 is 5.97 Å². The lowest BCUT2D eigenvalue weighted by atomic mass is 10.0. The summed E-state index contributed by atoms with van der Waals surface area (Å²) < 4.78 is 0. The van der Waals surface area contributed by atoms with Crippen molar-refractivity contribution in [1.82, 2.24) is 15.6 Å². The van der Waals surface area contributed by atoms with Crippen molar-refractivity contribution in [2.75, 3.05) is 6.54 Å². The Morgan fingerprint density at radius 1 is 1.16 bits per heavy atom. The van der Waals surface area contributed by atoms with Crippen LogP contribution < -0.4 is 10.6 Å². The molecule has 1 aromatic rings. The van der Waals surface area contributed by atoms with E-state index in [1.165, 1.54) is 11.3 Å². The third-order valence-electron chi connectivity index (χ3n) is 3.36. The van der Waals surface area contributed by atoms with E-state index in [9.17, 15) is 14.4 Å². The first-order valence-electron chi connectivity index (χ1n) is 8.36. The van der Waals surface area contributed by atoms with E-state index in [4.69, 9.17) is 5.11 Å². The van der Waals surface area contributed by atoms with Crippen LogP contribution in [0.5, 0.6) is 0 Å². The fourth-order valence-electron chi connectivity index (χ4n) is 2.35. The predicted molar refractivity (Wildman–Crippen MR) is 96.7 cm³/mol. The molecule has 0 radical (unpaired) electrons. The summed E-state index contributed by atoms with van der Waals surface area (Å²) >= 11 is 1.29. The number of hydrogen-bond acceptors (Lipinski definition) is 5. The van der Waals surface area contributed by atoms with E-state index in [0.29, 0.717) is 23.6 Å². The normalized spacial score (nSPS) is 12.3. The van der Waals surface area contributed by atoms with E-state index in [1.807, 2.05) is 34.6 Å². The Morgan fingerprint density at radius 2 is 1.80 bits per heavy atom. The number of nitrogens with zero attached hydrogens (tertiary/aromatic N) is 1. The summed E-state index contributed by atoms with van der Waals surface area (Å²) in [5, 5.41) is 14.9. The van der Waals surface area contributed by atoms with Crippen molar-refractivity contribution in [3.8, 4) is 0 Å². The molecular formula is C17H27N3O4S. The second kappa shape index (κ2) is 9.50. The molecule has 0 spiro atoms. The summed E-state index contributed by atoms with van der Waals surface area (Å²) in [5.74, 6) is -1.45. The fourth-order valence-corrected chi connectivity index (χ4v) is 3.21. The van der Waals surface area contributed by atoms with Crippen LogP contribution in [-0.4, -0.2) is 40.5 Å². The van der Waals surface area contributed by atoms with Crippen LogP contribution in [0.2, 0.25) is 0 Å². The summed E-state index contributed by atoms with van der Waals surface area (Å²) in [6.07, 6.45) is 1.02. The highest BCUT2D eigenvalue weighted by atomic mass is 32.1. The van der Waals surface area contributed by atoms with Gasteiger partial charge in [-0.25, -0.2) is 9.78 Å². The van der Waals surface area contributed by atoms with Crippen LogP contribution in [0.4, 0.5) is 0 Å². The zero-order chi connectivity index (χ0) is 19.1. The molecule has 8 heteroatoms. The quantitative estimate of drug-likeness (QED) is 0.617. The molecule has 25 heavy (non-hydrogen) atoms. The molecule has 7 nitrogen and oxygen atoms in total. The Balaban J connectivity index is 2.64. The second-order valence-electron chi connectivity index (χ2n) is 6.88. The van der Waals surface area contributed by atoms with Crippen molar-refractivity contribution in [1.29, 1.82) is 0 Å². The first kappa shape index (κ1) is 21.1. The standard InChI is InChI=1S/C17H27N3O4S/c1-9(2)6-12-15(25-11(5)19-12)16(22)18-8-14(21)20-13(17(23)24)7-10(3)4/h9-10,13H,6-8H2,1-5H3,(H,18,22)(H,20,21)(H,23,24)/t13-/m0/s1. The zero-order valence-corrected chi connectivity index (χ0v) is 16.2. The van der Waals surface area contributed by atoms with Crippen molar-refractivity contribution < 1.29 is 19.5 Å². The lowest BCUT2D eigenvalue weighted by Gasteiger charge is -2.16. The summed E-state index contributed by atoms with van der Waals surface area (Å²) in [7, 11) is 0. The van der Waals surface area contributed by atoms with Gasteiger partial charge in [-0.15, -0.1) is 11.3 Å². The number of aromatic nitrogens is 1. The Hall–Kier alpha value is -1.96. The monoisotopic (exact) mass is 369 g/mol.